The average Bonchev–Trinajstić information content (AvgIpc) is 2.89. The van der Waals surface area contributed by atoms with E-state index in [-0.39, 0.29) is 6.04 Å². The van der Waals surface area contributed by atoms with Crippen LogP contribution in [0.3, 0.4) is 0 Å². The standard InChI is InChI=1S/C29H33NO4/c1-30-15-14-21(16-28(30)22-8-5-11-25(17-22)32-2)20-29(31,23-9-6-12-26(18-23)33-3)24-10-7-13-27(19-24)34-4/h5-14,17-19,28,31H,15-16,20H2,1-4H3/p+1. The Morgan fingerprint density at radius 1 is 0.824 bits per heavy atom. The van der Waals surface area contributed by atoms with Crippen molar-refractivity contribution in [2.24, 2.45) is 0 Å². The molecule has 2 N–H and O–H groups in total. The maximum Gasteiger partial charge on any atom is 0.119 e. The number of rotatable bonds is 8. The molecular weight excluding hydrogens is 426 g/mol. The number of hydrogen-bond acceptors (Lipinski definition) is 4. The number of benzene rings is 3. The highest BCUT2D eigenvalue weighted by Crippen LogP contribution is 2.40. The van der Waals surface area contributed by atoms with Crippen LogP contribution in [0.2, 0.25) is 0 Å². The van der Waals surface area contributed by atoms with Crippen LogP contribution in [0.4, 0.5) is 0 Å². The summed E-state index contributed by atoms with van der Waals surface area (Å²) in [4.78, 5) is 1.42. The zero-order valence-corrected chi connectivity index (χ0v) is 20.4. The van der Waals surface area contributed by atoms with E-state index in [4.69, 9.17) is 14.2 Å². The van der Waals surface area contributed by atoms with E-state index in [0.29, 0.717) is 6.42 Å². The topological polar surface area (TPSA) is 52.4 Å². The molecule has 0 amide bonds. The second-order valence-corrected chi connectivity index (χ2v) is 8.95. The number of nitrogens with one attached hydrogen (secondary N) is 1. The molecule has 0 aliphatic carbocycles. The van der Waals surface area contributed by atoms with E-state index in [1.54, 1.807) is 21.3 Å². The van der Waals surface area contributed by atoms with Crippen molar-refractivity contribution in [1.29, 1.82) is 0 Å². The van der Waals surface area contributed by atoms with Gasteiger partial charge in [0.25, 0.3) is 0 Å². The minimum Gasteiger partial charge on any atom is -0.497 e. The lowest BCUT2D eigenvalue weighted by Crippen LogP contribution is -3.09. The number of ether oxygens (including phenoxy) is 3. The van der Waals surface area contributed by atoms with E-state index in [0.717, 1.165) is 41.3 Å². The highest BCUT2D eigenvalue weighted by Gasteiger charge is 2.36. The molecule has 0 fully saturated rings. The summed E-state index contributed by atoms with van der Waals surface area (Å²) >= 11 is 0. The second kappa shape index (κ2) is 10.3. The van der Waals surface area contributed by atoms with Gasteiger partial charge >= 0.3 is 0 Å². The van der Waals surface area contributed by atoms with Gasteiger partial charge in [-0.1, -0.05) is 42.0 Å². The van der Waals surface area contributed by atoms with Crippen molar-refractivity contribution in [1.82, 2.24) is 0 Å². The van der Waals surface area contributed by atoms with Crippen LogP contribution >= 0.6 is 0 Å². The van der Waals surface area contributed by atoms with Gasteiger partial charge in [0.1, 0.15) is 28.9 Å². The first-order chi connectivity index (χ1) is 16.5. The summed E-state index contributed by atoms with van der Waals surface area (Å²) in [5.74, 6) is 2.30. The molecule has 0 radical (unpaired) electrons. The molecule has 3 aromatic carbocycles. The fraction of sp³-hybridized carbons (Fsp3) is 0.310. The summed E-state index contributed by atoms with van der Waals surface area (Å²) in [7, 11) is 7.20. The number of methoxy groups -OCH3 is 3. The number of quaternary nitrogens is 1. The summed E-state index contributed by atoms with van der Waals surface area (Å²) in [5.41, 5.74) is 2.84. The average molecular weight is 461 g/mol. The van der Waals surface area contributed by atoms with Crippen molar-refractivity contribution < 1.29 is 24.2 Å². The minimum atomic E-state index is -1.22. The van der Waals surface area contributed by atoms with Crippen LogP contribution in [0.5, 0.6) is 17.2 Å². The van der Waals surface area contributed by atoms with Gasteiger partial charge in [0, 0.05) is 18.4 Å². The molecule has 1 aliphatic heterocycles. The molecule has 34 heavy (non-hydrogen) atoms. The minimum absolute atomic E-state index is 0.287. The highest BCUT2D eigenvalue weighted by molar-refractivity contribution is 5.44. The van der Waals surface area contributed by atoms with Crippen LogP contribution in [-0.4, -0.2) is 40.0 Å². The maximum atomic E-state index is 12.3. The summed E-state index contributed by atoms with van der Waals surface area (Å²) in [6.45, 7) is 0.892. The van der Waals surface area contributed by atoms with Gasteiger partial charge in [-0.2, -0.15) is 0 Å². The molecular formula is C29H34NO4+. The molecule has 1 heterocycles. The summed E-state index contributed by atoms with van der Waals surface area (Å²) in [5, 5.41) is 12.3. The molecule has 178 valence electrons. The molecule has 4 rings (SSSR count). The molecule has 2 atom stereocenters. The Labute approximate surface area is 202 Å². The Morgan fingerprint density at radius 2 is 1.35 bits per heavy atom. The zero-order valence-electron chi connectivity index (χ0n) is 20.4. The first kappa shape index (κ1) is 23.9. The summed E-state index contributed by atoms with van der Waals surface area (Å²) in [6.07, 6.45) is 3.62. The lowest BCUT2D eigenvalue weighted by Gasteiger charge is -2.35. The van der Waals surface area contributed by atoms with E-state index in [9.17, 15) is 5.11 Å². The van der Waals surface area contributed by atoms with Crippen LogP contribution in [0.25, 0.3) is 0 Å². The third-order valence-corrected chi connectivity index (χ3v) is 6.85. The molecule has 0 saturated heterocycles. The van der Waals surface area contributed by atoms with Crippen LogP contribution in [-0.2, 0) is 5.60 Å². The smallest absolute Gasteiger partial charge is 0.119 e. The fourth-order valence-electron chi connectivity index (χ4n) is 4.83. The number of hydrogen-bond donors (Lipinski definition) is 2. The zero-order chi connectivity index (χ0) is 24.1. The Morgan fingerprint density at radius 3 is 1.91 bits per heavy atom. The van der Waals surface area contributed by atoms with Gasteiger partial charge in [-0.05, 0) is 53.6 Å². The van der Waals surface area contributed by atoms with E-state index in [1.807, 2.05) is 60.7 Å². The van der Waals surface area contributed by atoms with E-state index in [1.165, 1.54) is 16.0 Å². The first-order valence-electron chi connectivity index (χ1n) is 11.6. The van der Waals surface area contributed by atoms with E-state index < -0.39 is 5.60 Å². The van der Waals surface area contributed by atoms with Gasteiger partial charge in [-0.15, -0.1) is 0 Å². The molecule has 1 aliphatic rings. The van der Waals surface area contributed by atoms with Crippen LogP contribution < -0.4 is 19.1 Å². The molecule has 0 spiro atoms. The molecule has 0 saturated carbocycles. The molecule has 3 aromatic rings. The van der Waals surface area contributed by atoms with Gasteiger partial charge in [0.15, 0.2) is 0 Å². The Balaban J connectivity index is 1.71. The van der Waals surface area contributed by atoms with Crippen molar-refractivity contribution in [3.05, 3.63) is 101 Å². The lowest BCUT2D eigenvalue weighted by atomic mass is 9.78. The van der Waals surface area contributed by atoms with Gasteiger partial charge < -0.3 is 24.2 Å². The van der Waals surface area contributed by atoms with Crippen molar-refractivity contribution in [3.8, 4) is 17.2 Å². The predicted octanol–water partition coefficient (Wildman–Crippen LogP) is 3.92. The maximum absolute atomic E-state index is 12.3. The van der Waals surface area contributed by atoms with Crippen LogP contribution in [0.15, 0.2) is 84.4 Å². The van der Waals surface area contributed by atoms with Crippen molar-refractivity contribution in [2.45, 2.75) is 24.5 Å². The van der Waals surface area contributed by atoms with Crippen LogP contribution in [0, 0.1) is 0 Å². The number of likely N-dealkylation sites (N-methyl/N-ethyl adjacent to an activating group) is 1. The molecule has 2 unspecified atom stereocenters. The SMILES string of the molecule is COc1cccc(C2CC(CC(O)(c3cccc(OC)c3)c3cccc(OC)c3)=CC[NH+]2C)c1. The summed E-state index contributed by atoms with van der Waals surface area (Å²) < 4.78 is 16.4. The van der Waals surface area contributed by atoms with Crippen LogP contribution in [0.1, 0.15) is 35.6 Å². The van der Waals surface area contributed by atoms with E-state index >= 15 is 0 Å². The molecule has 5 heteroatoms. The quantitative estimate of drug-likeness (QED) is 0.501. The first-order valence-corrected chi connectivity index (χ1v) is 11.6. The summed E-state index contributed by atoms with van der Waals surface area (Å²) in [6, 6.07) is 24.0. The van der Waals surface area contributed by atoms with Gasteiger partial charge in [0.2, 0.25) is 0 Å². The van der Waals surface area contributed by atoms with E-state index in [2.05, 4.69) is 25.3 Å². The normalized spacial score (nSPS) is 18.2. The third kappa shape index (κ3) is 4.96. The van der Waals surface area contributed by atoms with Crippen molar-refractivity contribution >= 4 is 0 Å². The fourth-order valence-corrected chi connectivity index (χ4v) is 4.83. The lowest BCUT2D eigenvalue weighted by molar-refractivity contribution is -0.908. The monoisotopic (exact) mass is 460 g/mol. The molecule has 0 bridgehead atoms. The molecule has 0 aromatic heterocycles. The second-order valence-electron chi connectivity index (χ2n) is 8.95. The van der Waals surface area contributed by atoms with Gasteiger partial charge in [0.05, 0.1) is 34.9 Å². The van der Waals surface area contributed by atoms with Crippen molar-refractivity contribution in [3.63, 3.8) is 0 Å². The van der Waals surface area contributed by atoms with Crippen molar-refractivity contribution in [2.75, 3.05) is 34.9 Å². The Bertz CT molecular complexity index is 1110. The molecule has 5 nitrogen and oxygen atoms in total. The van der Waals surface area contributed by atoms with Gasteiger partial charge in [-0.25, -0.2) is 0 Å². The Hall–Kier alpha value is -3.28. The third-order valence-electron chi connectivity index (χ3n) is 6.85. The largest absolute Gasteiger partial charge is 0.497 e. The van der Waals surface area contributed by atoms with Gasteiger partial charge in [-0.3, -0.25) is 0 Å². The Kier molecular flexibility index (Phi) is 7.25. The highest BCUT2D eigenvalue weighted by atomic mass is 16.5. The predicted molar refractivity (Wildman–Crippen MR) is 134 cm³/mol. The number of aliphatic hydroxyl groups is 1.